The molecule has 0 aliphatic rings. The molecule has 2 N–H and O–H groups in total. The molecule has 0 saturated carbocycles. The highest BCUT2D eigenvalue weighted by molar-refractivity contribution is 5.26. The molecular formula is C13H22N2O. The highest BCUT2D eigenvalue weighted by atomic mass is 16.5. The van der Waals surface area contributed by atoms with E-state index >= 15 is 0 Å². The maximum Gasteiger partial charge on any atom is 0.118 e. The van der Waals surface area contributed by atoms with Gasteiger partial charge >= 0.3 is 0 Å². The Morgan fingerprint density at radius 1 is 1.06 bits per heavy atom. The minimum Gasteiger partial charge on any atom is -0.497 e. The number of ether oxygens (including phenoxy) is 1. The van der Waals surface area contributed by atoms with Crippen LogP contribution < -0.4 is 15.4 Å². The lowest BCUT2D eigenvalue weighted by Gasteiger charge is -2.06. The summed E-state index contributed by atoms with van der Waals surface area (Å²) < 4.78 is 5.11. The Bertz CT molecular complexity index is 272. The summed E-state index contributed by atoms with van der Waals surface area (Å²) in [5, 5.41) is 6.72. The van der Waals surface area contributed by atoms with E-state index in [0.29, 0.717) is 0 Å². The summed E-state index contributed by atoms with van der Waals surface area (Å²) >= 11 is 0. The molecule has 0 bridgehead atoms. The van der Waals surface area contributed by atoms with Gasteiger partial charge in [-0.25, -0.2) is 0 Å². The van der Waals surface area contributed by atoms with Gasteiger partial charge in [0.05, 0.1) is 7.11 Å². The SMILES string of the molecule is CCNCCCNCc1ccc(OC)cc1. The van der Waals surface area contributed by atoms with Crippen LogP contribution in [0.5, 0.6) is 5.75 Å². The van der Waals surface area contributed by atoms with Crippen molar-refractivity contribution in [3.05, 3.63) is 29.8 Å². The fourth-order valence-corrected chi connectivity index (χ4v) is 1.49. The van der Waals surface area contributed by atoms with Crippen LogP contribution in [0.25, 0.3) is 0 Å². The van der Waals surface area contributed by atoms with Crippen molar-refractivity contribution < 1.29 is 4.74 Å². The molecule has 0 radical (unpaired) electrons. The van der Waals surface area contributed by atoms with E-state index in [1.54, 1.807) is 7.11 Å². The molecule has 3 nitrogen and oxygen atoms in total. The standard InChI is InChI=1S/C13H22N2O/c1-3-14-9-4-10-15-11-12-5-7-13(16-2)8-6-12/h5-8,14-15H,3-4,9-11H2,1-2H3. The maximum atomic E-state index is 5.11. The molecule has 1 aromatic carbocycles. The zero-order valence-electron chi connectivity index (χ0n) is 10.3. The van der Waals surface area contributed by atoms with Crippen LogP contribution in [0.4, 0.5) is 0 Å². The molecule has 0 heterocycles. The normalized spacial score (nSPS) is 10.4. The van der Waals surface area contributed by atoms with Crippen LogP contribution in [-0.2, 0) is 6.54 Å². The fourth-order valence-electron chi connectivity index (χ4n) is 1.49. The zero-order valence-corrected chi connectivity index (χ0v) is 10.3. The van der Waals surface area contributed by atoms with Crippen LogP contribution in [0.15, 0.2) is 24.3 Å². The Labute approximate surface area is 98.2 Å². The van der Waals surface area contributed by atoms with Crippen molar-refractivity contribution in [2.45, 2.75) is 19.9 Å². The van der Waals surface area contributed by atoms with Gasteiger partial charge in [-0.05, 0) is 43.8 Å². The molecular weight excluding hydrogens is 200 g/mol. The van der Waals surface area contributed by atoms with Crippen LogP contribution in [0.3, 0.4) is 0 Å². The zero-order chi connectivity index (χ0) is 11.6. The molecule has 0 atom stereocenters. The topological polar surface area (TPSA) is 33.3 Å². The Kier molecular flexibility index (Phi) is 6.61. The molecule has 0 saturated heterocycles. The third-order valence-corrected chi connectivity index (χ3v) is 2.45. The van der Waals surface area contributed by atoms with Crippen molar-refractivity contribution in [2.75, 3.05) is 26.7 Å². The van der Waals surface area contributed by atoms with Crippen molar-refractivity contribution in [3.63, 3.8) is 0 Å². The maximum absolute atomic E-state index is 5.11. The third kappa shape index (κ3) is 5.14. The first-order chi connectivity index (χ1) is 7.86. The minimum atomic E-state index is 0.913. The molecule has 1 aromatic rings. The number of nitrogens with one attached hydrogen (secondary N) is 2. The highest BCUT2D eigenvalue weighted by Crippen LogP contribution is 2.10. The smallest absolute Gasteiger partial charge is 0.118 e. The molecule has 0 aliphatic heterocycles. The van der Waals surface area contributed by atoms with Crippen molar-refractivity contribution in [1.82, 2.24) is 10.6 Å². The Balaban J connectivity index is 2.12. The summed E-state index contributed by atoms with van der Waals surface area (Å²) in [6.45, 7) is 6.25. The minimum absolute atomic E-state index is 0.913. The lowest BCUT2D eigenvalue weighted by Crippen LogP contribution is -2.21. The van der Waals surface area contributed by atoms with Crippen LogP contribution in [-0.4, -0.2) is 26.7 Å². The van der Waals surface area contributed by atoms with E-state index < -0.39 is 0 Å². The van der Waals surface area contributed by atoms with E-state index in [4.69, 9.17) is 4.74 Å². The van der Waals surface area contributed by atoms with E-state index in [-0.39, 0.29) is 0 Å². The number of benzene rings is 1. The first kappa shape index (κ1) is 13.0. The van der Waals surface area contributed by atoms with Crippen LogP contribution in [0.1, 0.15) is 18.9 Å². The van der Waals surface area contributed by atoms with Gasteiger partial charge in [0.25, 0.3) is 0 Å². The Morgan fingerprint density at radius 2 is 1.75 bits per heavy atom. The molecule has 0 unspecified atom stereocenters. The molecule has 3 heteroatoms. The van der Waals surface area contributed by atoms with E-state index in [1.807, 2.05) is 12.1 Å². The second-order valence-corrected chi connectivity index (χ2v) is 3.73. The summed E-state index contributed by atoms with van der Waals surface area (Å²) in [4.78, 5) is 0. The highest BCUT2D eigenvalue weighted by Gasteiger charge is 1.93. The summed E-state index contributed by atoms with van der Waals surface area (Å²) in [5.74, 6) is 0.913. The van der Waals surface area contributed by atoms with Gasteiger partial charge in [0.15, 0.2) is 0 Å². The summed E-state index contributed by atoms with van der Waals surface area (Å²) in [6, 6.07) is 8.18. The first-order valence-corrected chi connectivity index (χ1v) is 5.91. The van der Waals surface area contributed by atoms with Crippen molar-refractivity contribution in [3.8, 4) is 5.75 Å². The summed E-state index contributed by atoms with van der Waals surface area (Å²) in [5.41, 5.74) is 1.30. The molecule has 90 valence electrons. The number of hydrogen-bond donors (Lipinski definition) is 2. The van der Waals surface area contributed by atoms with Crippen LogP contribution in [0, 0.1) is 0 Å². The average Bonchev–Trinajstić information content (AvgIpc) is 2.34. The van der Waals surface area contributed by atoms with E-state index in [1.165, 1.54) is 12.0 Å². The molecule has 0 aromatic heterocycles. The van der Waals surface area contributed by atoms with Gasteiger partial charge in [-0.15, -0.1) is 0 Å². The predicted molar refractivity (Wildman–Crippen MR) is 67.9 cm³/mol. The molecule has 0 amide bonds. The Hall–Kier alpha value is -1.06. The second-order valence-electron chi connectivity index (χ2n) is 3.73. The number of rotatable bonds is 8. The lowest BCUT2D eigenvalue weighted by molar-refractivity contribution is 0.414. The number of hydrogen-bond acceptors (Lipinski definition) is 3. The molecule has 0 fully saturated rings. The van der Waals surface area contributed by atoms with Gasteiger partial charge in [-0.1, -0.05) is 19.1 Å². The first-order valence-electron chi connectivity index (χ1n) is 5.91. The van der Waals surface area contributed by atoms with E-state index in [0.717, 1.165) is 31.9 Å². The molecule has 0 aliphatic carbocycles. The van der Waals surface area contributed by atoms with E-state index in [9.17, 15) is 0 Å². The largest absolute Gasteiger partial charge is 0.497 e. The lowest BCUT2D eigenvalue weighted by atomic mass is 10.2. The van der Waals surface area contributed by atoms with Gasteiger partial charge in [0.2, 0.25) is 0 Å². The number of methoxy groups -OCH3 is 1. The Morgan fingerprint density at radius 3 is 2.38 bits per heavy atom. The monoisotopic (exact) mass is 222 g/mol. The van der Waals surface area contributed by atoms with E-state index in [2.05, 4.69) is 29.7 Å². The quantitative estimate of drug-likeness (QED) is 0.658. The fraction of sp³-hybridized carbons (Fsp3) is 0.538. The molecule has 16 heavy (non-hydrogen) atoms. The third-order valence-electron chi connectivity index (χ3n) is 2.45. The van der Waals surface area contributed by atoms with Gasteiger partial charge in [-0.2, -0.15) is 0 Å². The average molecular weight is 222 g/mol. The van der Waals surface area contributed by atoms with Crippen molar-refractivity contribution in [2.24, 2.45) is 0 Å². The van der Waals surface area contributed by atoms with Crippen molar-refractivity contribution in [1.29, 1.82) is 0 Å². The predicted octanol–water partition coefficient (Wildman–Crippen LogP) is 1.78. The van der Waals surface area contributed by atoms with Gasteiger partial charge in [-0.3, -0.25) is 0 Å². The van der Waals surface area contributed by atoms with Gasteiger partial charge < -0.3 is 15.4 Å². The summed E-state index contributed by atoms with van der Waals surface area (Å²) in [6.07, 6.45) is 1.17. The van der Waals surface area contributed by atoms with Crippen molar-refractivity contribution >= 4 is 0 Å². The summed E-state index contributed by atoms with van der Waals surface area (Å²) in [7, 11) is 1.69. The molecule has 0 spiro atoms. The van der Waals surface area contributed by atoms with Crippen LogP contribution >= 0.6 is 0 Å². The molecule has 1 rings (SSSR count). The second kappa shape index (κ2) is 8.13. The van der Waals surface area contributed by atoms with Gasteiger partial charge in [0.1, 0.15) is 5.75 Å². The van der Waals surface area contributed by atoms with Gasteiger partial charge in [0, 0.05) is 6.54 Å². The van der Waals surface area contributed by atoms with Crippen LogP contribution in [0.2, 0.25) is 0 Å².